The molecule has 1 fully saturated rings. The van der Waals surface area contributed by atoms with Crippen molar-refractivity contribution in [2.75, 3.05) is 13.1 Å². The lowest BCUT2D eigenvalue weighted by molar-refractivity contribution is 0.161. The Labute approximate surface area is 103 Å². The van der Waals surface area contributed by atoms with Crippen molar-refractivity contribution in [3.05, 3.63) is 12.2 Å². The number of aryl methyl sites for hydroxylation is 1. The van der Waals surface area contributed by atoms with Crippen LogP contribution in [0.2, 0.25) is 0 Å². The van der Waals surface area contributed by atoms with Crippen molar-refractivity contribution in [3.8, 4) is 0 Å². The van der Waals surface area contributed by atoms with E-state index in [9.17, 15) is 0 Å². The Morgan fingerprint density at radius 1 is 1.35 bits per heavy atom. The number of nitrogens with zero attached hydrogens (tertiary/aromatic N) is 4. The Morgan fingerprint density at radius 2 is 2.06 bits per heavy atom. The van der Waals surface area contributed by atoms with Crippen LogP contribution >= 0.6 is 0 Å². The topological polar surface area (TPSA) is 46.0 Å². The highest BCUT2D eigenvalue weighted by molar-refractivity contribution is 4.89. The summed E-state index contributed by atoms with van der Waals surface area (Å²) in [6.07, 6.45) is 2.77. The molecule has 17 heavy (non-hydrogen) atoms. The van der Waals surface area contributed by atoms with Crippen LogP contribution in [0.1, 0.15) is 33.0 Å². The maximum absolute atomic E-state index is 4.37. The van der Waals surface area contributed by atoms with Gasteiger partial charge < -0.3 is 5.32 Å². The summed E-state index contributed by atoms with van der Waals surface area (Å²) in [7, 11) is 0. The van der Waals surface area contributed by atoms with Crippen LogP contribution in [0.4, 0.5) is 0 Å². The Balaban J connectivity index is 1.97. The first kappa shape index (κ1) is 12.5. The van der Waals surface area contributed by atoms with Crippen LogP contribution in [-0.4, -0.2) is 44.8 Å². The minimum Gasteiger partial charge on any atom is -0.309 e. The molecule has 2 unspecified atom stereocenters. The van der Waals surface area contributed by atoms with Crippen LogP contribution in [0.15, 0.2) is 6.33 Å². The highest BCUT2D eigenvalue weighted by Crippen LogP contribution is 2.08. The Hall–Kier alpha value is -0.940. The standard InChI is InChI=1S/C12H23N5/c1-4-5-17-12(13-9-14-17)8-16-6-10(2)15-11(3)7-16/h9-11,15H,4-8H2,1-3H3. The summed E-state index contributed by atoms with van der Waals surface area (Å²) >= 11 is 0. The van der Waals surface area contributed by atoms with E-state index in [0.717, 1.165) is 38.4 Å². The summed E-state index contributed by atoms with van der Waals surface area (Å²) < 4.78 is 2.03. The van der Waals surface area contributed by atoms with E-state index in [-0.39, 0.29) is 0 Å². The molecule has 0 aliphatic carbocycles. The van der Waals surface area contributed by atoms with Crippen LogP contribution in [-0.2, 0) is 13.1 Å². The summed E-state index contributed by atoms with van der Waals surface area (Å²) in [6.45, 7) is 10.7. The molecule has 2 rings (SSSR count). The largest absolute Gasteiger partial charge is 0.309 e. The summed E-state index contributed by atoms with van der Waals surface area (Å²) in [4.78, 5) is 6.83. The highest BCUT2D eigenvalue weighted by Gasteiger charge is 2.22. The fourth-order valence-corrected chi connectivity index (χ4v) is 2.58. The van der Waals surface area contributed by atoms with Crippen LogP contribution in [0.25, 0.3) is 0 Å². The molecule has 5 nitrogen and oxygen atoms in total. The zero-order valence-electron chi connectivity index (χ0n) is 11.1. The van der Waals surface area contributed by atoms with E-state index in [1.165, 1.54) is 0 Å². The molecule has 1 aliphatic rings. The number of piperazine rings is 1. The third-order valence-electron chi connectivity index (χ3n) is 3.13. The molecule has 1 saturated heterocycles. The Bertz CT molecular complexity index is 338. The normalized spacial score (nSPS) is 26.3. The van der Waals surface area contributed by atoms with Gasteiger partial charge in [-0.05, 0) is 20.3 Å². The number of aromatic nitrogens is 3. The fraction of sp³-hybridized carbons (Fsp3) is 0.833. The number of hydrogen-bond acceptors (Lipinski definition) is 4. The lowest BCUT2D eigenvalue weighted by Gasteiger charge is -2.35. The van der Waals surface area contributed by atoms with Crippen molar-refractivity contribution in [1.29, 1.82) is 0 Å². The van der Waals surface area contributed by atoms with Gasteiger partial charge >= 0.3 is 0 Å². The third kappa shape index (κ3) is 3.26. The van der Waals surface area contributed by atoms with Gasteiger partial charge in [0.05, 0.1) is 6.54 Å². The lowest BCUT2D eigenvalue weighted by Crippen LogP contribution is -2.53. The van der Waals surface area contributed by atoms with Crippen molar-refractivity contribution in [2.24, 2.45) is 0 Å². The van der Waals surface area contributed by atoms with Gasteiger partial charge in [-0.3, -0.25) is 4.90 Å². The maximum Gasteiger partial charge on any atom is 0.141 e. The molecular formula is C12H23N5. The quantitative estimate of drug-likeness (QED) is 0.844. The zero-order valence-corrected chi connectivity index (χ0v) is 11.1. The van der Waals surface area contributed by atoms with Gasteiger partial charge in [0.2, 0.25) is 0 Å². The molecular weight excluding hydrogens is 214 g/mol. The SMILES string of the molecule is CCCn1ncnc1CN1CC(C)NC(C)C1. The molecule has 0 saturated carbocycles. The minimum absolute atomic E-state index is 0.557. The zero-order chi connectivity index (χ0) is 12.3. The van der Waals surface area contributed by atoms with E-state index in [4.69, 9.17) is 0 Å². The molecule has 1 aromatic heterocycles. The second-order valence-electron chi connectivity index (χ2n) is 5.06. The second-order valence-corrected chi connectivity index (χ2v) is 5.06. The van der Waals surface area contributed by atoms with Crippen LogP contribution in [0.3, 0.4) is 0 Å². The first-order valence-corrected chi connectivity index (χ1v) is 6.54. The Kier molecular flexibility index (Phi) is 4.12. The molecule has 0 spiro atoms. The van der Waals surface area contributed by atoms with E-state index in [1.807, 2.05) is 4.68 Å². The van der Waals surface area contributed by atoms with Gasteiger partial charge in [-0.15, -0.1) is 0 Å². The molecule has 0 radical (unpaired) electrons. The van der Waals surface area contributed by atoms with E-state index >= 15 is 0 Å². The molecule has 2 heterocycles. The molecule has 0 aromatic carbocycles. The smallest absolute Gasteiger partial charge is 0.141 e. The minimum atomic E-state index is 0.557. The molecule has 1 aliphatic heterocycles. The maximum atomic E-state index is 4.37. The van der Waals surface area contributed by atoms with Gasteiger partial charge in [0.25, 0.3) is 0 Å². The van der Waals surface area contributed by atoms with Gasteiger partial charge in [0.15, 0.2) is 0 Å². The Morgan fingerprint density at radius 3 is 2.71 bits per heavy atom. The van der Waals surface area contributed by atoms with Crippen LogP contribution in [0, 0.1) is 0 Å². The van der Waals surface area contributed by atoms with Crippen LogP contribution < -0.4 is 5.32 Å². The number of hydrogen-bond donors (Lipinski definition) is 1. The van der Waals surface area contributed by atoms with Crippen molar-refractivity contribution < 1.29 is 0 Å². The summed E-state index contributed by atoms with van der Waals surface area (Å²) in [6, 6.07) is 1.11. The van der Waals surface area contributed by atoms with Crippen molar-refractivity contribution in [2.45, 2.75) is 52.4 Å². The molecule has 2 atom stereocenters. The first-order chi connectivity index (χ1) is 8.19. The predicted octanol–water partition coefficient (Wildman–Crippen LogP) is 0.870. The van der Waals surface area contributed by atoms with Crippen molar-refractivity contribution in [3.63, 3.8) is 0 Å². The first-order valence-electron chi connectivity index (χ1n) is 6.54. The molecule has 1 N–H and O–H groups in total. The third-order valence-corrected chi connectivity index (χ3v) is 3.13. The summed E-state index contributed by atoms with van der Waals surface area (Å²) in [5.41, 5.74) is 0. The van der Waals surface area contributed by atoms with Crippen molar-refractivity contribution >= 4 is 0 Å². The van der Waals surface area contributed by atoms with Gasteiger partial charge in [-0.2, -0.15) is 5.10 Å². The van der Waals surface area contributed by atoms with E-state index in [2.05, 4.69) is 41.1 Å². The molecule has 1 aromatic rings. The van der Waals surface area contributed by atoms with Crippen molar-refractivity contribution in [1.82, 2.24) is 25.0 Å². The van der Waals surface area contributed by atoms with E-state index < -0.39 is 0 Å². The van der Waals surface area contributed by atoms with E-state index in [0.29, 0.717) is 12.1 Å². The van der Waals surface area contributed by atoms with Gasteiger partial charge in [0.1, 0.15) is 12.2 Å². The predicted molar refractivity (Wildman–Crippen MR) is 67.6 cm³/mol. The molecule has 5 heteroatoms. The lowest BCUT2D eigenvalue weighted by atomic mass is 10.1. The number of rotatable bonds is 4. The average Bonchev–Trinajstić information content (AvgIpc) is 2.65. The highest BCUT2D eigenvalue weighted by atomic mass is 15.4. The monoisotopic (exact) mass is 237 g/mol. The second kappa shape index (κ2) is 5.60. The average molecular weight is 237 g/mol. The van der Waals surface area contributed by atoms with Crippen LogP contribution in [0.5, 0.6) is 0 Å². The summed E-state index contributed by atoms with van der Waals surface area (Å²) in [5.74, 6) is 1.09. The number of nitrogens with one attached hydrogen (secondary N) is 1. The molecule has 96 valence electrons. The van der Waals surface area contributed by atoms with Gasteiger partial charge in [0, 0.05) is 31.7 Å². The van der Waals surface area contributed by atoms with Gasteiger partial charge in [-0.25, -0.2) is 9.67 Å². The van der Waals surface area contributed by atoms with E-state index in [1.54, 1.807) is 6.33 Å². The summed E-state index contributed by atoms with van der Waals surface area (Å²) in [5, 5.41) is 7.82. The van der Waals surface area contributed by atoms with Gasteiger partial charge in [-0.1, -0.05) is 6.92 Å². The molecule has 0 amide bonds. The fourth-order valence-electron chi connectivity index (χ4n) is 2.58. The molecule has 0 bridgehead atoms.